The summed E-state index contributed by atoms with van der Waals surface area (Å²) in [5.74, 6) is -3.37. The summed E-state index contributed by atoms with van der Waals surface area (Å²) >= 11 is 5.91. The fourth-order valence-corrected chi connectivity index (χ4v) is 3.14. The number of rotatable bonds is 4. The van der Waals surface area contributed by atoms with Gasteiger partial charge in [-0.2, -0.15) is 0 Å². The SMILES string of the molecule is CCOC(=O)[C@@H]1C(=O)C(=O)N(c2ccc(Cl)cc2)[C@@H]1c1ccccc1. The Labute approximate surface area is 150 Å². The standard InChI is InChI=1S/C19H16ClNO4/c1-2-25-19(24)15-16(12-6-4-3-5-7-12)21(18(23)17(15)22)14-10-8-13(20)9-11-14/h3-11,15-16H,2H2,1H3/t15-,16+/m0/s1. The van der Waals surface area contributed by atoms with Crippen molar-refractivity contribution in [2.75, 3.05) is 11.5 Å². The average molecular weight is 358 g/mol. The smallest absolute Gasteiger partial charge is 0.319 e. The second-order valence-corrected chi connectivity index (χ2v) is 6.04. The molecule has 0 radical (unpaired) electrons. The minimum Gasteiger partial charge on any atom is -0.465 e. The molecule has 3 rings (SSSR count). The molecule has 5 nitrogen and oxygen atoms in total. The molecule has 25 heavy (non-hydrogen) atoms. The first-order chi connectivity index (χ1) is 12.0. The predicted molar refractivity (Wildman–Crippen MR) is 93.3 cm³/mol. The number of benzene rings is 2. The van der Waals surface area contributed by atoms with Gasteiger partial charge in [0.1, 0.15) is 5.92 Å². The number of carbonyl (C=O) groups excluding carboxylic acids is 3. The second kappa shape index (κ2) is 7.07. The van der Waals surface area contributed by atoms with E-state index in [1.807, 2.05) is 6.07 Å². The van der Waals surface area contributed by atoms with E-state index in [1.165, 1.54) is 4.90 Å². The van der Waals surface area contributed by atoms with Crippen LogP contribution in [0.1, 0.15) is 18.5 Å². The number of amides is 1. The Hall–Kier alpha value is -2.66. The number of anilines is 1. The van der Waals surface area contributed by atoms with E-state index in [1.54, 1.807) is 55.5 Å². The fraction of sp³-hybridized carbons (Fsp3) is 0.211. The van der Waals surface area contributed by atoms with Crippen molar-refractivity contribution in [3.8, 4) is 0 Å². The molecule has 1 amide bonds. The lowest BCUT2D eigenvalue weighted by molar-refractivity contribution is -0.152. The van der Waals surface area contributed by atoms with E-state index in [4.69, 9.17) is 16.3 Å². The number of esters is 1. The van der Waals surface area contributed by atoms with E-state index >= 15 is 0 Å². The Morgan fingerprint density at radius 3 is 2.32 bits per heavy atom. The number of halogens is 1. The summed E-state index contributed by atoms with van der Waals surface area (Å²) in [6.07, 6.45) is 0. The van der Waals surface area contributed by atoms with E-state index in [2.05, 4.69) is 0 Å². The van der Waals surface area contributed by atoms with Gasteiger partial charge in [0.05, 0.1) is 12.6 Å². The molecule has 2 aromatic carbocycles. The molecule has 6 heteroatoms. The van der Waals surface area contributed by atoms with Crippen LogP contribution < -0.4 is 4.90 Å². The lowest BCUT2D eigenvalue weighted by Gasteiger charge is -2.27. The van der Waals surface area contributed by atoms with E-state index < -0.39 is 29.6 Å². The van der Waals surface area contributed by atoms with Crippen molar-refractivity contribution in [1.82, 2.24) is 0 Å². The topological polar surface area (TPSA) is 63.7 Å². The molecule has 0 bridgehead atoms. The van der Waals surface area contributed by atoms with Gasteiger partial charge < -0.3 is 4.74 Å². The molecule has 2 atom stereocenters. The second-order valence-electron chi connectivity index (χ2n) is 5.60. The van der Waals surface area contributed by atoms with E-state index in [0.29, 0.717) is 16.3 Å². The van der Waals surface area contributed by atoms with Crippen molar-refractivity contribution < 1.29 is 19.1 Å². The van der Waals surface area contributed by atoms with Crippen LogP contribution in [0, 0.1) is 5.92 Å². The molecule has 0 aliphatic carbocycles. The summed E-state index contributed by atoms with van der Waals surface area (Å²) in [4.78, 5) is 38.9. The van der Waals surface area contributed by atoms with E-state index in [-0.39, 0.29) is 6.61 Å². The van der Waals surface area contributed by atoms with Crippen LogP contribution in [0.5, 0.6) is 0 Å². The van der Waals surface area contributed by atoms with Crippen LogP contribution in [0.15, 0.2) is 54.6 Å². The minimum atomic E-state index is -1.19. The van der Waals surface area contributed by atoms with Gasteiger partial charge in [-0.05, 0) is 36.8 Å². The van der Waals surface area contributed by atoms with Gasteiger partial charge in [-0.15, -0.1) is 0 Å². The molecule has 1 fully saturated rings. The normalized spacial score (nSPS) is 20.0. The van der Waals surface area contributed by atoms with Gasteiger partial charge in [-0.1, -0.05) is 41.9 Å². The molecule has 0 N–H and O–H groups in total. The van der Waals surface area contributed by atoms with Gasteiger partial charge in [0.15, 0.2) is 0 Å². The first-order valence-electron chi connectivity index (χ1n) is 7.89. The van der Waals surface area contributed by atoms with Crippen LogP contribution in [0.4, 0.5) is 5.69 Å². The maximum Gasteiger partial charge on any atom is 0.319 e. The lowest BCUT2D eigenvalue weighted by atomic mass is 9.93. The van der Waals surface area contributed by atoms with Crippen LogP contribution >= 0.6 is 11.6 Å². The van der Waals surface area contributed by atoms with Gasteiger partial charge in [0, 0.05) is 10.7 Å². The Bertz CT molecular complexity index is 804. The zero-order valence-electron chi connectivity index (χ0n) is 13.5. The largest absolute Gasteiger partial charge is 0.465 e. The van der Waals surface area contributed by atoms with E-state index in [0.717, 1.165) is 0 Å². The molecule has 128 valence electrons. The highest BCUT2D eigenvalue weighted by Gasteiger charge is 2.53. The van der Waals surface area contributed by atoms with Crippen molar-refractivity contribution in [2.24, 2.45) is 5.92 Å². The van der Waals surface area contributed by atoms with E-state index in [9.17, 15) is 14.4 Å². The van der Waals surface area contributed by atoms with Gasteiger partial charge in [-0.25, -0.2) is 0 Å². The maximum absolute atomic E-state index is 12.6. The summed E-state index contributed by atoms with van der Waals surface area (Å²) in [5, 5.41) is 0.514. The number of nitrogens with zero attached hydrogens (tertiary/aromatic N) is 1. The highest BCUT2D eigenvalue weighted by molar-refractivity contribution is 6.47. The summed E-state index contributed by atoms with van der Waals surface area (Å²) < 4.78 is 5.04. The lowest BCUT2D eigenvalue weighted by Crippen LogP contribution is -2.31. The van der Waals surface area contributed by atoms with Crippen molar-refractivity contribution in [2.45, 2.75) is 13.0 Å². The number of carbonyl (C=O) groups is 3. The van der Waals surface area contributed by atoms with Crippen molar-refractivity contribution in [3.05, 3.63) is 65.2 Å². The number of hydrogen-bond acceptors (Lipinski definition) is 4. The van der Waals surface area contributed by atoms with Crippen molar-refractivity contribution in [3.63, 3.8) is 0 Å². The van der Waals surface area contributed by atoms with Crippen LogP contribution in [0.25, 0.3) is 0 Å². The number of hydrogen-bond donors (Lipinski definition) is 0. The fourth-order valence-electron chi connectivity index (χ4n) is 3.01. The Kier molecular flexibility index (Phi) is 4.86. The van der Waals surface area contributed by atoms with Crippen molar-refractivity contribution >= 4 is 34.9 Å². The molecular formula is C19H16ClNO4. The monoisotopic (exact) mass is 357 g/mol. The van der Waals surface area contributed by atoms with Crippen LogP contribution in [-0.2, 0) is 19.1 Å². The average Bonchev–Trinajstić information content (AvgIpc) is 2.88. The molecule has 0 unspecified atom stereocenters. The van der Waals surface area contributed by atoms with Gasteiger partial charge >= 0.3 is 5.97 Å². The Morgan fingerprint density at radius 1 is 1.08 bits per heavy atom. The molecule has 1 aliphatic rings. The third kappa shape index (κ3) is 3.15. The van der Waals surface area contributed by atoms with Crippen LogP contribution in [-0.4, -0.2) is 24.3 Å². The molecule has 1 heterocycles. The minimum absolute atomic E-state index is 0.138. The molecule has 1 saturated heterocycles. The van der Waals surface area contributed by atoms with Crippen molar-refractivity contribution in [1.29, 1.82) is 0 Å². The Morgan fingerprint density at radius 2 is 1.72 bits per heavy atom. The summed E-state index contributed by atoms with van der Waals surface area (Å²) in [7, 11) is 0. The molecular weight excluding hydrogens is 342 g/mol. The molecule has 2 aromatic rings. The third-order valence-electron chi connectivity index (χ3n) is 4.09. The van der Waals surface area contributed by atoms with Crippen LogP contribution in [0.2, 0.25) is 5.02 Å². The molecule has 0 saturated carbocycles. The predicted octanol–water partition coefficient (Wildman–Crippen LogP) is 3.18. The highest BCUT2D eigenvalue weighted by atomic mass is 35.5. The molecule has 1 aliphatic heterocycles. The molecule has 0 spiro atoms. The Balaban J connectivity index is 2.11. The van der Waals surface area contributed by atoms with Gasteiger partial charge in [0.25, 0.3) is 5.91 Å². The number of Topliss-reactive ketones (excluding diaryl/α,β-unsaturated/α-hetero) is 1. The zero-order valence-corrected chi connectivity index (χ0v) is 14.3. The zero-order chi connectivity index (χ0) is 18.0. The highest BCUT2D eigenvalue weighted by Crippen LogP contribution is 2.40. The van der Waals surface area contributed by atoms with Crippen LogP contribution in [0.3, 0.4) is 0 Å². The number of ketones is 1. The number of ether oxygens (including phenoxy) is 1. The van der Waals surface area contributed by atoms with Gasteiger partial charge in [-0.3, -0.25) is 19.3 Å². The summed E-state index contributed by atoms with van der Waals surface area (Å²) in [5.41, 5.74) is 1.19. The first kappa shape index (κ1) is 17.2. The third-order valence-corrected chi connectivity index (χ3v) is 4.34. The summed E-state index contributed by atoms with van der Waals surface area (Å²) in [6, 6.07) is 14.8. The first-order valence-corrected chi connectivity index (χ1v) is 8.27. The van der Waals surface area contributed by atoms with Gasteiger partial charge in [0.2, 0.25) is 5.78 Å². The molecule has 0 aromatic heterocycles. The maximum atomic E-state index is 12.6. The summed E-state index contributed by atoms with van der Waals surface area (Å²) in [6.45, 7) is 1.80. The quantitative estimate of drug-likeness (QED) is 0.479.